The van der Waals surface area contributed by atoms with Crippen LogP contribution in [-0.4, -0.2) is 31.9 Å². The van der Waals surface area contributed by atoms with Gasteiger partial charge in [0.1, 0.15) is 10.0 Å². The van der Waals surface area contributed by atoms with Gasteiger partial charge in [-0.1, -0.05) is 12.1 Å². The highest BCUT2D eigenvalue weighted by molar-refractivity contribution is 9.11. The van der Waals surface area contributed by atoms with Gasteiger partial charge in [-0.2, -0.15) is 4.31 Å². The quantitative estimate of drug-likeness (QED) is 0.766. The molecule has 1 fully saturated rings. The molecule has 1 aliphatic rings. The lowest BCUT2D eigenvalue weighted by Crippen LogP contribution is -2.54. The van der Waals surface area contributed by atoms with Gasteiger partial charge in [0.25, 0.3) is 10.0 Å². The third-order valence-electron chi connectivity index (χ3n) is 3.33. The number of sulfonamides is 1. The smallest absolute Gasteiger partial charge is 0.252 e. The Morgan fingerprint density at radius 2 is 2.09 bits per heavy atom. The molecule has 1 aliphatic heterocycles. The van der Waals surface area contributed by atoms with E-state index >= 15 is 0 Å². The highest BCUT2D eigenvalue weighted by Crippen LogP contribution is 2.31. The van der Waals surface area contributed by atoms with E-state index < -0.39 is 10.0 Å². The molecule has 1 aromatic carbocycles. The zero-order valence-corrected chi connectivity index (χ0v) is 14.6. The van der Waals surface area contributed by atoms with E-state index in [0.717, 1.165) is 9.35 Å². The topological polar surface area (TPSA) is 46.6 Å². The number of benzene rings is 1. The molecule has 0 aliphatic carbocycles. The summed E-state index contributed by atoms with van der Waals surface area (Å²) in [5.74, 6) is -0.304. The molecule has 0 bridgehead atoms. The fraction of sp³-hybridized carbons (Fsp3) is 0.286. The average Bonchev–Trinajstić information content (AvgIpc) is 2.84. The molecule has 3 rings (SSSR count). The Hall–Kier alpha value is -0.800. The third kappa shape index (κ3) is 3.41. The summed E-state index contributed by atoms with van der Waals surface area (Å²) in [5, 5.41) is 0. The molecule has 1 aromatic heterocycles. The molecule has 0 unspecified atom stereocenters. The van der Waals surface area contributed by atoms with Crippen LogP contribution in [0.25, 0.3) is 0 Å². The van der Waals surface area contributed by atoms with Gasteiger partial charge in [-0.05, 0) is 45.8 Å². The molecule has 2 aromatic rings. The van der Waals surface area contributed by atoms with Crippen molar-refractivity contribution in [1.29, 1.82) is 0 Å². The van der Waals surface area contributed by atoms with Crippen LogP contribution in [0.3, 0.4) is 0 Å². The summed E-state index contributed by atoms with van der Waals surface area (Å²) >= 11 is 4.45. The number of ether oxygens (including phenoxy) is 1. The van der Waals surface area contributed by atoms with E-state index in [2.05, 4.69) is 15.9 Å². The summed E-state index contributed by atoms with van der Waals surface area (Å²) in [6.07, 6.45) is -0.151. The molecule has 0 radical (unpaired) electrons. The number of hydrogen-bond donors (Lipinski definition) is 0. The molecule has 0 N–H and O–H groups in total. The van der Waals surface area contributed by atoms with Crippen molar-refractivity contribution in [1.82, 2.24) is 4.31 Å². The lowest BCUT2D eigenvalue weighted by atomic mass is 10.2. The van der Waals surface area contributed by atoms with E-state index in [-0.39, 0.29) is 18.5 Å². The zero-order valence-electron chi connectivity index (χ0n) is 11.4. The molecule has 0 atom stereocenters. The maximum atomic E-state index is 13.0. The maximum absolute atomic E-state index is 13.0. The van der Waals surface area contributed by atoms with Gasteiger partial charge in [0, 0.05) is 13.1 Å². The highest BCUT2D eigenvalue weighted by Gasteiger charge is 2.38. The Morgan fingerprint density at radius 1 is 1.32 bits per heavy atom. The van der Waals surface area contributed by atoms with E-state index in [1.807, 2.05) is 0 Å². The van der Waals surface area contributed by atoms with E-state index in [0.29, 0.717) is 17.3 Å². The van der Waals surface area contributed by atoms with Crippen molar-refractivity contribution in [3.8, 4) is 0 Å². The van der Waals surface area contributed by atoms with Crippen molar-refractivity contribution >= 4 is 37.3 Å². The number of nitrogens with zero attached hydrogens (tertiary/aromatic N) is 1. The predicted molar refractivity (Wildman–Crippen MR) is 85.8 cm³/mol. The van der Waals surface area contributed by atoms with Crippen LogP contribution in [0.4, 0.5) is 4.39 Å². The minimum atomic E-state index is -3.42. The molecule has 4 nitrogen and oxygen atoms in total. The Labute approximate surface area is 140 Å². The summed E-state index contributed by atoms with van der Waals surface area (Å²) in [6.45, 7) is 0.932. The van der Waals surface area contributed by atoms with Gasteiger partial charge in [0.05, 0.1) is 16.5 Å². The first-order chi connectivity index (χ1) is 10.4. The first kappa shape index (κ1) is 16.1. The molecule has 0 saturated carbocycles. The molecule has 0 amide bonds. The maximum Gasteiger partial charge on any atom is 0.252 e. The Kier molecular flexibility index (Phi) is 4.65. The average molecular weight is 406 g/mol. The molecule has 8 heteroatoms. The Balaban J connectivity index is 1.54. The standard InChI is InChI=1S/C14H13BrFNO3S2/c15-13-4-5-14(21-13)22(18,19)17-7-12(8-17)20-9-10-2-1-3-11(16)6-10/h1-6,12H,7-9H2. The molecule has 118 valence electrons. The molecule has 1 saturated heterocycles. The van der Waals surface area contributed by atoms with Gasteiger partial charge >= 0.3 is 0 Å². The van der Waals surface area contributed by atoms with Crippen molar-refractivity contribution in [2.75, 3.05) is 13.1 Å². The van der Waals surface area contributed by atoms with E-state index in [4.69, 9.17) is 4.74 Å². The van der Waals surface area contributed by atoms with Gasteiger partial charge < -0.3 is 4.74 Å². The van der Waals surface area contributed by atoms with E-state index in [1.54, 1.807) is 24.3 Å². The fourth-order valence-corrected chi connectivity index (χ4v) is 5.77. The second kappa shape index (κ2) is 6.37. The Bertz CT molecular complexity index is 772. The first-order valence-electron chi connectivity index (χ1n) is 6.57. The third-order valence-corrected chi connectivity index (χ3v) is 7.25. The first-order valence-corrected chi connectivity index (χ1v) is 9.61. The number of halogens is 2. The largest absolute Gasteiger partial charge is 0.371 e. The van der Waals surface area contributed by atoms with Crippen LogP contribution in [0.5, 0.6) is 0 Å². The highest BCUT2D eigenvalue weighted by atomic mass is 79.9. The van der Waals surface area contributed by atoms with Crippen molar-refractivity contribution < 1.29 is 17.5 Å². The van der Waals surface area contributed by atoms with E-state index in [9.17, 15) is 12.8 Å². The molecular weight excluding hydrogens is 393 g/mol. The second-order valence-corrected chi connectivity index (χ2v) is 9.57. The van der Waals surface area contributed by atoms with Crippen LogP contribution in [0.2, 0.25) is 0 Å². The van der Waals surface area contributed by atoms with Crippen LogP contribution in [-0.2, 0) is 21.4 Å². The minimum absolute atomic E-state index is 0.151. The van der Waals surface area contributed by atoms with Crippen molar-refractivity contribution in [2.45, 2.75) is 16.9 Å². The molecule has 0 spiro atoms. The van der Waals surface area contributed by atoms with Crippen LogP contribution in [0.15, 0.2) is 44.4 Å². The van der Waals surface area contributed by atoms with Gasteiger partial charge in [-0.15, -0.1) is 11.3 Å². The SMILES string of the molecule is O=S(=O)(c1ccc(Br)s1)N1CC(OCc2cccc(F)c2)C1. The zero-order chi connectivity index (χ0) is 15.7. The van der Waals surface area contributed by atoms with Gasteiger partial charge in [-0.25, -0.2) is 12.8 Å². The minimum Gasteiger partial charge on any atom is -0.371 e. The molecular formula is C14H13BrFNO3S2. The fourth-order valence-electron chi connectivity index (χ4n) is 2.11. The predicted octanol–water partition coefficient (Wildman–Crippen LogP) is 3.24. The van der Waals surface area contributed by atoms with Crippen LogP contribution in [0, 0.1) is 5.82 Å². The number of hydrogen-bond acceptors (Lipinski definition) is 4. The van der Waals surface area contributed by atoms with Crippen molar-refractivity contribution in [3.05, 3.63) is 51.6 Å². The number of thiophene rings is 1. The summed E-state index contributed by atoms with van der Waals surface area (Å²) < 4.78 is 45.8. The van der Waals surface area contributed by atoms with Gasteiger partial charge in [-0.3, -0.25) is 0 Å². The van der Waals surface area contributed by atoms with Crippen molar-refractivity contribution in [2.24, 2.45) is 0 Å². The van der Waals surface area contributed by atoms with Crippen molar-refractivity contribution in [3.63, 3.8) is 0 Å². The summed E-state index contributed by atoms with van der Waals surface area (Å²) in [7, 11) is -3.42. The summed E-state index contributed by atoms with van der Waals surface area (Å²) in [5.41, 5.74) is 0.739. The normalized spacial score (nSPS) is 16.6. The van der Waals surface area contributed by atoms with Crippen LogP contribution < -0.4 is 0 Å². The second-order valence-electron chi connectivity index (χ2n) is 4.94. The van der Waals surface area contributed by atoms with Crippen LogP contribution in [0.1, 0.15) is 5.56 Å². The summed E-state index contributed by atoms with van der Waals surface area (Å²) in [4.78, 5) is 0. The molecule has 2 heterocycles. The molecule has 22 heavy (non-hydrogen) atoms. The summed E-state index contributed by atoms with van der Waals surface area (Å²) in [6, 6.07) is 9.50. The number of rotatable bonds is 5. The monoisotopic (exact) mass is 405 g/mol. The van der Waals surface area contributed by atoms with Gasteiger partial charge in [0.15, 0.2) is 0 Å². The Morgan fingerprint density at radius 3 is 2.73 bits per heavy atom. The van der Waals surface area contributed by atoms with Gasteiger partial charge in [0.2, 0.25) is 0 Å². The van der Waals surface area contributed by atoms with Crippen LogP contribution >= 0.6 is 27.3 Å². The lowest BCUT2D eigenvalue weighted by molar-refractivity contribution is -0.0295. The van der Waals surface area contributed by atoms with E-state index in [1.165, 1.54) is 27.8 Å². The lowest BCUT2D eigenvalue weighted by Gasteiger charge is -2.37.